The highest BCUT2D eigenvalue weighted by Crippen LogP contribution is 2.14. The molecule has 120 valence electrons. The molecule has 1 aliphatic heterocycles. The van der Waals surface area contributed by atoms with Crippen molar-refractivity contribution < 1.29 is 9.47 Å². The predicted octanol–water partition coefficient (Wildman–Crippen LogP) is 1.99. The van der Waals surface area contributed by atoms with Crippen LogP contribution in [0.2, 0.25) is 0 Å². The van der Waals surface area contributed by atoms with E-state index in [1.807, 2.05) is 0 Å². The van der Waals surface area contributed by atoms with Crippen LogP contribution in [0.15, 0.2) is 0 Å². The summed E-state index contributed by atoms with van der Waals surface area (Å²) in [7, 11) is 1.78. The van der Waals surface area contributed by atoms with E-state index in [2.05, 4.69) is 37.9 Å². The van der Waals surface area contributed by atoms with Crippen molar-refractivity contribution >= 4 is 0 Å². The minimum atomic E-state index is 0.440. The number of hydrogen-bond donors (Lipinski definition) is 1. The molecule has 1 rings (SSSR count). The Hall–Kier alpha value is -0.160. The molecule has 0 saturated carbocycles. The lowest BCUT2D eigenvalue weighted by atomic mass is 10.00. The van der Waals surface area contributed by atoms with Crippen LogP contribution < -0.4 is 5.32 Å². The number of nitrogens with one attached hydrogen (secondary N) is 1. The van der Waals surface area contributed by atoms with Gasteiger partial charge in [0, 0.05) is 38.8 Å². The number of methoxy groups -OCH3 is 1. The average Bonchev–Trinajstić information content (AvgIpc) is 2.42. The van der Waals surface area contributed by atoms with Crippen molar-refractivity contribution in [3.8, 4) is 0 Å². The Morgan fingerprint density at radius 1 is 1.15 bits per heavy atom. The molecule has 1 fully saturated rings. The molecule has 0 spiro atoms. The highest BCUT2D eigenvalue weighted by atomic mass is 16.5. The topological polar surface area (TPSA) is 33.7 Å². The number of nitrogens with zero attached hydrogens (tertiary/aromatic N) is 1. The van der Waals surface area contributed by atoms with Crippen LogP contribution in [0.3, 0.4) is 0 Å². The van der Waals surface area contributed by atoms with Crippen LogP contribution >= 0.6 is 0 Å². The molecular weight excluding hydrogens is 252 g/mol. The summed E-state index contributed by atoms with van der Waals surface area (Å²) in [5.74, 6) is 1.32. The first-order chi connectivity index (χ1) is 9.54. The molecule has 0 amide bonds. The van der Waals surface area contributed by atoms with Gasteiger partial charge in [0.1, 0.15) is 0 Å². The van der Waals surface area contributed by atoms with Gasteiger partial charge in [-0.05, 0) is 18.3 Å². The highest BCUT2D eigenvalue weighted by molar-refractivity contribution is 4.80. The zero-order chi connectivity index (χ0) is 15.0. The second kappa shape index (κ2) is 9.72. The summed E-state index contributed by atoms with van der Waals surface area (Å²) in [6.07, 6.45) is 1.24. The zero-order valence-electron chi connectivity index (χ0n) is 14.0. The molecule has 1 aliphatic rings. The van der Waals surface area contributed by atoms with Crippen molar-refractivity contribution in [3.63, 3.8) is 0 Å². The molecule has 1 N–H and O–H groups in total. The Morgan fingerprint density at radius 3 is 2.30 bits per heavy atom. The fourth-order valence-corrected chi connectivity index (χ4v) is 2.80. The fourth-order valence-electron chi connectivity index (χ4n) is 2.80. The summed E-state index contributed by atoms with van der Waals surface area (Å²) in [4.78, 5) is 2.58. The van der Waals surface area contributed by atoms with Gasteiger partial charge in [-0.15, -0.1) is 0 Å². The monoisotopic (exact) mass is 286 g/mol. The molecule has 2 unspecified atom stereocenters. The lowest BCUT2D eigenvalue weighted by Crippen LogP contribution is -2.51. The van der Waals surface area contributed by atoms with E-state index in [0.29, 0.717) is 18.0 Å². The van der Waals surface area contributed by atoms with Gasteiger partial charge in [0.05, 0.1) is 19.8 Å². The van der Waals surface area contributed by atoms with Crippen molar-refractivity contribution in [3.05, 3.63) is 0 Å². The number of ether oxygens (including phenoxy) is 2. The normalized spacial score (nSPS) is 20.6. The predicted molar refractivity (Wildman–Crippen MR) is 84.1 cm³/mol. The quantitative estimate of drug-likeness (QED) is 0.703. The largest absolute Gasteiger partial charge is 0.383 e. The van der Waals surface area contributed by atoms with Crippen LogP contribution in [0.4, 0.5) is 0 Å². The zero-order valence-corrected chi connectivity index (χ0v) is 14.0. The standard InChI is InChI=1S/C16H34N2O2/c1-13(2)10-15(18-6-8-20-9-7-18)11-17-16(12-19-5)14(3)4/h13-17H,6-12H2,1-5H3. The lowest BCUT2D eigenvalue weighted by molar-refractivity contribution is 0.0106. The van der Waals surface area contributed by atoms with E-state index in [0.717, 1.165) is 45.4 Å². The van der Waals surface area contributed by atoms with Gasteiger partial charge in [-0.25, -0.2) is 0 Å². The Kier molecular flexibility index (Phi) is 8.69. The SMILES string of the molecule is COCC(NCC(CC(C)C)N1CCOCC1)C(C)C. The van der Waals surface area contributed by atoms with Crippen LogP contribution in [0.1, 0.15) is 34.1 Å². The lowest BCUT2D eigenvalue weighted by Gasteiger charge is -2.37. The molecule has 1 saturated heterocycles. The Morgan fingerprint density at radius 2 is 1.80 bits per heavy atom. The van der Waals surface area contributed by atoms with E-state index in [1.165, 1.54) is 6.42 Å². The first kappa shape index (κ1) is 17.9. The molecule has 20 heavy (non-hydrogen) atoms. The molecule has 0 bridgehead atoms. The van der Waals surface area contributed by atoms with E-state index in [-0.39, 0.29) is 0 Å². The second-order valence-corrected chi connectivity index (χ2v) is 6.65. The van der Waals surface area contributed by atoms with Gasteiger partial charge < -0.3 is 14.8 Å². The van der Waals surface area contributed by atoms with E-state index < -0.39 is 0 Å². The summed E-state index contributed by atoms with van der Waals surface area (Å²) in [6.45, 7) is 14.8. The molecule has 1 heterocycles. The maximum atomic E-state index is 5.48. The van der Waals surface area contributed by atoms with Gasteiger partial charge in [0.15, 0.2) is 0 Å². The molecule has 0 aromatic heterocycles. The van der Waals surface area contributed by atoms with Crippen molar-refractivity contribution in [2.45, 2.75) is 46.2 Å². The smallest absolute Gasteiger partial charge is 0.0618 e. The highest BCUT2D eigenvalue weighted by Gasteiger charge is 2.23. The summed E-state index contributed by atoms with van der Waals surface area (Å²) in [5, 5.41) is 3.72. The molecule has 4 heteroatoms. The first-order valence-electron chi connectivity index (χ1n) is 8.08. The summed E-state index contributed by atoms with van der Waals surface area (Å²) < 4.78 is 10.8. The molecule has 0 aromatic carbocycles. The Balaban J connectivity index is 2.50. The third-order valence-corrected chi connectivity index (χ3v) is 4.07. The molecule has 0 aliphatic carbocycles. The van der Waals surface area contributed by atoms with E-state index >= 15 is 0 Å². The fraction of sp³-hybridized carbons (Fsp3) is 1.00. The van der Waals surface area contributed by atoms with Gasteiger partial charge in [-0.3, -0.25) is 4.90 Å². The maximum Gasteiger partial charge on any atom is 0.0618 e. The van der Waals surface area contributed by atoms with Gasteiger partial charge >= 0.3 is 0 Å². The molecule has 4 nitrogen and oxygen atoms in total. The van der Waals surface area contributed by atoms with Crippen molar-refractivity contribution in [1.82, 2.24) is 10.2 Å². The van der Waals surface area contributed by atoms with Crippen LogP contribution in [-0.4, -0.2) is 63.5 Å². The van der Waals surface area contributed by atoms with Gasteiger partial charge in [-0.1, -0.05) is 27.7 Å². The van der Waals surface area contributed by atoms with E-state index in [4.69, 9.17) is 9.47 Å². The van der Waals surface area contributed by atoms with Crippen molar-refractivity contribution in [2.24, 2.45) is 11.8 Å². The maximum absolute atomic E-state index is 5.48. The Bertz CT molecular complexity index is 241. The Labute approximate surface area is 125 Å². The average molecular weight is 286 g/mol. The number of morpholine rings is 1. The van der Waals surface area contributed by atoms with Gasteiger partial charge in [0.2, 0.25) is 0 Å². The van der Waals surface area contributed by atoms with Gasteiger partial charge in [0.25, 0.3) is 0 Å². The van der Waals surface area contributed by atoms with E-state index in [1.54, 1.807) is 7.11 Å². The van der Waals surface area contributed by atoms with Crippen molar-refractivity contribution in [1.29, 1.82) is 0 Å². The van der Waals surface area contributed by atoms with Crippen molar-refractivity contribution in [2.75, 3.05) is 46.6 Å². The van der Waals surface area contributed by atoms with E-state index in [9.17, 15) is 0 Å². The molecule has 0 aromatic rings. The molecule has 0 radical (unpaired) electrons. The van der Waals surface area contributed by atoms with Gasteiger partial charge in [-0.2, -0.15) is 0 Å². The summed E-state index contributed by atoms with van der Waals surface area (Å²) >= 11 is 0. The molecule has 2 atom stereocenters. The first-order valence-corrected chi connectivity index (χ1v) is 8.08. The third kappa shape index (κ3) is 6.53. The molecular formula is C16H34N2O2. The minimum Gasteiger partial charge on any atom is -0.383 e. The summed E-state index contributed by atoms with van der Waals surface area (Å²) in [6, 6.07) is 1.05. The van der Waals surface area contributed by atoms with Crippen LogP contribution in [0.5, 0.6) is 0 Å². The van der Waals surface area contributed by atoms with Crippen LogP contribution in [-0.2, 0) is 9.47 Å². The minimum absolute atomic E-state index is 0.440. The third-order valence-electron chi connectivity index (χ3n) is 4.07. The second-order valence-electron chi connectivity index (χ2n) is 6.65. The number of hydrogen-bond acceptors (Lipinski definition) is 4. The number of rotatable bonds is 9. The summed E-state index contributed by atoms with van der Waals surface area (Å²) in [5.41, 5.74) is 0. The van der Waals surface area contributed by atoms with Crippen LogP contribution in [0.25, 0.3) is 0 Å². The van der Waals surface area contributed by atoms with Crippen LogP contribution in [0, 0.1) is 11.8 Å².